The molecule has 0 aliphatic heterocycles. The van der Waals surface area contributed by atoms with Crippen LogP contribution in [0.15, 0.2) is 303 Å². The fraction of sp³-hybridized carbons (Fsp3) is 0.0137. The summed E-state index contributed by atoms with van der Waals surface area (Å²) in [5, 5.41) is 2.45. The standard InChI is InChI=1S/C73H50N2/c1-6-25-51(26-7-1)59-48-46-57(50-65(59)52-27-8-2-9-28-52)74(56-33-14-5-15-34-56)68-42-22-19-37-61(68)60-36-17-16-35-58(60)53-45-47-63-62-38-20-23-43-69(62)75(71(63)49-53)70-44-24-41-67-72(70)64-39-18-21-40-66(64)73(67,54-29-10-3-11-30-54)55-31-12-4-13-32-55/h1-50H. The van der Waals surface area contributed by atoms with Gasteiger partial charge in [-0.2, -0.15) is 0 Å². The van der Waals surface area contributed by atoms with Gasteiger partial charge in [-0.25, -0.2) is 0 Å². The molecule has 0 fully saturated rings. The molecule has 0 saturated heterocycles. The van der Waals surface area contributed by atoms with Crippen LogP contribution in [-0.2, 0) is 5.41 Å². The lowest BCUT2D eigenvalue weighted by atomic mass is 9.68. The van der Waals surface area contributed by atoms with Crippen LogP contribution in [0.1, 0.15) is 22.3 Å². The van der Waals surface area contributed by atoms with Crippen LogP contribution in [0.2, 0.25) is 0 Å². The highest BCUT2D eigenvalue weighted by molar-refractivity contribution is 6.11. The number of hydrogen-bond acceptors (Lipinski definition) is 1. The molecule has 0 bridgehead atoms. The second-order valence-electron chi connectivity index (χ2n) is 19.5. The number of benzene rings is 12. The van der Waals surface area contributed by atoms with Crippen LogP contribution >= 0.6 is 0 Å². The first kappa shape index (κ1) is 44.0. The molecule has 0 atom stereocenters. The van der Waals surface area contributed by atoms with Gasteiger partial charge in [0.05, 0.1) is 27.8 Å². The number of aromatic nitrogens is 1. The summed E-state index contributed by atoms with van der Waals surface area (Å²) in [6.45, 7) is 0. The van der Waals surface area contributed by atoms with Crippen molar-refractivity contribution >= 4 is 38.9 Å². The van der Waals surface area contributed by atoms with E-state index < -0.39 is 5.41 Å². The Morgan fingerprint density at radius 2 is 0.800 bits per heavy atom. The average Bonchev–Trinajstić information content (AvgIpc) is 4.05. The lowest BCUT2D eigenvalue weighted by Gasteiger charge is -2.34. The molecule has 2 heteroatoms. The fourth-order valence-corrected chi connectivity index (χ4v) is 12.3. The molecule has 0 radical (unpaired) electrons. The average molecular weight is 955 g/mol. The van der Waals surface area contributed by atoms with Crippen molar-refractivity contribution in [3.63, 3.8) is 0 Å². The largest absolute Gasteiger partial charge is 0.310 e. The van der Waals surface area contributed by atoms with Crippen molar-refractivity contribution in [2.45, 2.75) is 5.41 Å². The second-order valence-corrected chi connectivity index (χ2v) is 19.5. The molecule has 13 aromatic rings. The third-order valence-electron chi connectivity index (χ3n) is 15.5. The molecule has 1 aliphatic rings. The van der Waals surface area contributed by atoms with Crippen LogP contribution in [0, 0.1) is 0 Å². The highest BCUT2D eigenvalue weighted by Crippen LogP contribution is 2.58. The predicted octanol–water partition coefficient (Wildman–Crippen LogP) is 19.3. The smallest absolute Gasteiger partial charge is 0.0714 e. The van der Waals surface area contributed by atoms with Gasteiger partial charge in [0.2, 0.25) is 0 Å². The molecule has 1 aromatic heterocycles. The minimum absolute atomic E-state index is 0.513. The molecule has 0 unspecified atom stereocenters. The first-order valence-electron chi connectivity index (χ1n) is 25.9. The highest BCUT2D eigenvalue weighted by Gasteiger charge is 2.47. The molecule has 352 valence electrons. The van der Waals surface area contributed by atoms with Gasteiger partial charge in [0.1, 0.15) is 0 Å². The second kappa shape index (κ2) is 18.4. The Hall–Kier alpha value is -9.76. The van der Waals surface area contributed by atoms with Crippen molar-refractivity contribution in [3.05, 3.63) is 326 Å². The maximum atomic E-state index is 2.53. The van der Waals surface area contributed by atoms with E-state index in [9.17, 15) is 0 Å². The number of fused-ring (bicyclic) bond motifs is 6. The number of rotatable bonds is 10. The molecular formula is C73H50N2. The Morgan fingerprint density at radius 3 is 1.51 bits per heavy atom. The molecule has 14 rings (SSSR count). The van der Waals surface area contributed by atoms with Gasteiger partial charge in [-0.1, -0.05) is 255 Å². The Balaban J connectivity index is 0.965. The summed E-state index contributed by atoms with van der Waals surface area (Å²) in [6.07, 6.45) is 0. The minimum Gasteiger partial charge on any atom is -0.310 e. The summed E-state index contributed by atoms with van der Waals surface area (Å²) in [5.41, 5.74) is 23.2. The molecule has 12 aromatic carbocycles. The van der Waals surface area contributed by atoms with E-state index in [1.807, 2.05) is 0 Å². The van der Waals surface area contributed by atoms with Gasteiger partial charge in [0.25, 0.3) is 0 Å². The molecular weight excluding hydrogens is 905 g/mol. The lowest BCUT2D eigenvalue weighted by molar-refractivity contribution is 0.768. The Labute approximate surface area is 438 Å². The molecule has 0 saturated carbocycles. The summed E-state index contributed by atoms with van der Waals surface area (Å²) in [4.78, 5) is 2.42. The number of para-hydroxylation sites is 3. The number of anilines is 3. The van der Waals surface area contributed by atoms with Gasteiger partial charge in [-0.3, -0.25) is 0 Å². The predicted molar refractivity (Wildman–Crippen MR) is 315 cm³/mol. The zero-order chi connectivity index (χ0) is 49.7. The Bertz CT molecular complexity index is 4180. The van der Waals surface area contributed by atoms with Crippen LogP contribution in [-0.4, -0.2) is 4.57 Å². The maximum absolute atomic E-state index is 2.53. The van der Waals surface area contributed by atoms with E-state index in [0.717, 1.165) is 44.8 Å². The van der Waals surface area contributed by atoms with Crippen molar-refractivity contribution in [1.82, 2.24) is 4.57 Å². The Kier molecular flexibility index (Phi) is 10.8. The number of hydrogen-bond donors (Lipinski definition) is 0. The summed E-state index contributed by atoms with van der Waals surface area (Å²) in [5.74, 6) is 0. The van der Waals surface area contributed by atoms with E-state index in [1.54, 1.807) is 0 Å². The van der Waals surface area contributed by atoms with Crippen molar-refractivity contribution in [3.8, 4) is 61.3 Å². The molecule has 1 heterocycles. The van der Waals surface area contributed by atoms with Crippen LogP contribution < -0.4 is 4.90 Å². The third kappa shape index (κ3) is 7.17. The zero-order valence-electron chi connectivity index (χ0n) is 41.3. The molecule has 1 aliphatic carbocycles. The molecule has 0 N–H and O–H groups in total. The van der Waals surface area contributed by atoms with E-state index in [1.165, 1.54) is 77.6 Å². The summed E-state index contributed by atoms with van der Waals surface area (Å²) in [7, 11) is 0. The molecule has 0 amide bonds. The van der Waals surface area contributed by atoms with E-state index in [2.05, 4.69) is 313 Å². The molecule has 2 nitrogen and oxygen atoms in total. The van der Waals surface area contributed by atoms with Gasteiger partial charge in [0.15, 0.2) is 0 Å². The summed E-state index contributed by atoms with van der Waals surface area (Å²) < 4.78 is 2.53. The normalized spacial score (nSPS) is 12.4. The van der Waals surface area contributed by atoms with Crippen molar-refractivity contribution in [1.29, 1.82) is 0 Å². The van der Waals surface area contributed by atoms with Crippen molar-refractivity contribution in [2.24, 2.45) is 0 Å². The molecule has 75 heavy (non-hydrogen) atoms. The van der Waals surface area contributed by atoms with Gasteiger partial charge in [0, 0.05) is 33.3 Å². The molecule has 0 spiro atoms. The quantitative estimate of drug-likeness (QED) is 0.133. The lowest BCUT2D eigenvalue weighted by Crippen LogP contribution is -2.28. The monoisotopic (exact) mass is 954 g/mol. The zero-order valence-corrected chi connectivity index (χ0v) is 41.3. The van der Waals surface area contributed by atoms with Crippen LogP contribution in [0.25, 0.3) is 83.1 Å². The first-order valence-corrected chi connectivity index (χ1v) is 25.9. The van der Waals surface area contributed by atoms with Gasteiger partial charge in [-0.15, -0.1) is 0 Å². The fourth-order valence-electron chi connectivity index (χ4n) is 12.3. The van der Waals surface area contributed by atoms with Gasteiger partial charge >= 0.3 is 0 Å². The first-order chi connectivity index (χ1) is 37.3. The summed E-state index contributed by atoms with van der Waals surface area (Å²) in [6, 6.07) is 111. The minimum atomic E-state index is -0.513. The maximum Gasteiger partial charge on any atom is 0.0714 e. The summed E-state index contributed by atoms with van der Waals surface area (Å²) >= 11 is 0. The van der Waals surface area contributed by atoms with E-state index in [-0.39, 0.29) is 0 Å². The Morgan fingerprint density at radius 1 is 0.280 bits per heavy atom. The van der Waals surface area contributed by atoms with Crippen molar-refractivity contribution in [2.75, 3.05) is 4.90 Å². The van der Waals surface area contributed by atoms with E-state index >= 15 is 0 Å². The topological polar surface area (TPSA) is 8.17 Å². The van der Waals surface area contributed by atoms with Crippen LogP contribution in [0.3, 0.4) is 0 Å². The van der Waals surface area contributed by atoms with E-state index in [4.69, 9.17) is 0 Å². The number of nitrogens with zero attached hydrogens (tertiary/aromatic N) is 2. The van der Waals surface area contributed by atoms with Gasteiger partial charge < -0.3 is 9.47 Å². The van der Waals surface area contributed by atoms with Crippen LogP contribution in [0.5, 0.6) is 0 Å². The van der Waals surface area contributed by atoms with E-state index in [0.29, 0.717) is 0 Å². The van der Waals surface area contributed by atoms with Gasteiger partial charge in [-0.05, 0) is 115 Å². The van der Waals surface area contributed by atoms with Crippen LogP contribution in [0.4, 0.5) is 17.1 Å². The highest BCUT2D eigenvalue weighted by atomic mass is 15.1. The SMILES string of the molecule is c1ccc(-c2ccc(N(c3ccccc3)c3ccccc3-c3ccccc3-c3ccc4c5ccccc5n(-c5cccc6c5-c5ccccc5C6(c5ccccc5)c5ccccc5)c4c3)cc2-c2ccccc2)cc1. The van der Waals surface area contributed by atoms with Crippen molar-refractivity contribution < 1.29 is 0 Å². The third-order valence-corrected chi connectivity index (χ3v) is 15.5.